The molecule has 0 fully saturated rings. The molecule has 0 amide bonds. The average Bonchev–Trinajstić information content (AvgIpc) is 2.55. The molecule has 5 heteroatoms. The highest BCUT2D eigenvalue weighted by atomic mass is 16.5. The van der Waals surface area contributed by atoms with Crippen molar-refractivity contribution < 1.29 is 9.47 Å². The first-order chi connectivity index (χ1) is 11.3. The Hall–Kier alpha value is -0.200. The van der Waals surface area contributed by atoms with Crippen molar-refractivity contribution in [3.05, 3.63) is 0 Å². The Bertz CT molecular complexity index is 230. The van der Waals surface area contributed by atoms with Gasteiger partial charge in [-0.2, -0.15) is 0 Å². The fourth-order valence-electron chi connectivity index (χ4n) is 2.66. The van der Waals surface area contributed by atoms with E-state index >= 15 is 0 Å². The molecule has 0 saturated heterocycles. The van der Waals surface area contributed by atoms with E-state index in [-0.39, 0.29) is 6.17 Å². The predicted molar refractivity (Wildman–Crippen MR) is 98.5 cm³/mol. The molecule has 0 rings (SSSR count). The van der Waals surface area contributed by atoms with E-state index in [9.17, 15) is 0 Å². The van der Waals surface area contributed by atoms with Crippen LogP contribution in [-0.2, 0) is 9.47 Å². The SMILES string of the molecule is CCCCCCCCOCCCN(CCCOC)C(N)CCN. The summed E-state index contributed by atoms with van der Waals surface area (Å²) in [5.74, 6) is 0. The molecule has 0 aromatic rings. The lowest BCUT2D eigenvalue weighted by Gasteiger charge is -2.28. The van der Waals surface area contributed by atoms with Crippen LogP contribution in [0.3, 0.4) is 0 Å². The standard InChI is InChI=1S/C18H41N3O2/c1-3-4-5-6-7-8-16-23-17-10-14-21(13-9-15-22-2)18(20)11-12-19/h18H,3-17,19-20H2,1-2H3. The lowest BCUT2D eigenvalue weighted by molar-refractivity contribution is 0.102. The van der Waals surface area contributed by atoms with Crippen molar-refractivity contribution in [1.29, 1.82) is 0 Å². The van der Waals surface area contributed by atoms with Crippen molar-refractivity contribution in [1.82, 2.24) is 4.90 Å². The second-order valence-electron chi connectivity index (χ2n) is 6.26. The summed E-state index contributed by atoms with van der Waals surface area (Å²) >= 11 is 0. The molecule has 0 radical (unpaired) electrons. The molecule has 0 aliphatic heterocycles. The molecule has 140 valence electrons. The molecule has 4 N–H and O–H groups in total. The second kappa shape index (κ2) is 18.1. The maximum Gasteiger partial charge on any atom is 0.0583 e. The van der Waals surface area contributed by atoms with Crippen molar-refractivity contribution in [3.63, 3.8) is 0 Å². The molecule has 0 aliphatic carbocycles. The highest BCUT2D eigenvalue weighted by Crippen LogP contribution is 2.05. The van der Waals surface area contributed by atoms with Crippen LogP contribution in [0.2, 0.25) is 0 Å². The van der Waals surface area contributed by atoms with E-state index in [0.29, 0.717) is 6.54 Å². The van der Waals surface area contributed by atoms with Crippen LogP contribution >= 0.6 is 0 Å². The molecule has 0 saturated carbocycles. The average molecular weight is 332 g/mol. The second-order valence-corrected chi connectivity index (χ2v) is 6.26. The lowest BCUT2D eigenvalue weighted by Crippen LogP contribution is -2.44. The minimum Gasteiger partial charge on any atom is -0.385 e. The largest absolute Gasteiger partial charge is 0.385 e. The van der Waals surface area contributed by atoms with Crippen LogP contribution in [0.1, 0.15) is 64.7 Å². The van der Waals surface area contributed by atoms with Crippen molar-refractivity contribution in [2.24, 2.45) is 11.5 Å². The summed E-state index contributed by atoms with van der Waals surface area (Å²) in [7, 11) is 1.74. The zero-order chi connectivity index (χ0) is 17.2. The molecule has 0 aliphatic rings. The van der Waals surface area contributed by atoms with Gasteiger partial charge in [0.15, 0.2) is 0 Å². The van der Waals surface area contributed by atoms with E-state index in [4.69, 9.17) is 20.9 Å². The molecule has 1 unspecified atom stereocenters. The van der Waals surface area contributed by atoms with E-state index in [2.05, 4.69) is 11.8 Å². The van der Waals surface area contributed by atoms with Crippen LogP contribution in [0.25, 0.3) is 0 Å². The van der Waals surface area contributed by atoms with Crippen LogP contribution in [0.4, 0.5) is 0 Å². The predicted octanol–water partition coefficient (Wildman–Crippen LogP) is 2.73. The van der Waals surface area contributed by atoms with Crippen molar-refractivity contribution in [2.75, 3.05) is 46.6 Å². The third-order valence-corrected chi connectivity index (χ3v) is 4.10. The maximum atomic E-state index is 6.20. The first kappa shape index (κ1) is 22.8. The van der Waals surface area contributed by atoms with Gasteiger partial charge in [0.2, 0.25) is 0 Å². The van der Waals surface area contributed by atoms with Crippen LogP contribution in [-0.4, -0.2) is 57.6 Å². The van der Waals surface area contributed by atoms with Gasteiger partial charge >= 0.3 is 0 Å². The van der Waals surface area contributed by atoms with Gasteiger partial charge in [-0.1, -0.05) is 39.0 Å². The smallest absolute Gasteiger partial charge is 0.0583 e. The van der Waals surface area contributed by atoms with Gasteiger partial charge in [0.1, 0.15) is 0 Å². The quantitative estimate of drug-likeness (QED) is 0.298. The summed E-state index contributed by atoms with van der Waals surface area (Å²) in [5, 5.41) is 0. The Balaban J connectivity index is 3.60. The van der Waals surface area contributed by atoms with Gasteiger partial charge in [0.05, 0.1) is 6.17 Å². The number of unbranched alkanes of at least 4 members (excludes halogenated alkanes) is 5. The van der Waals surface area contributed by atoms with Crippen molar-refractivity contribution in [3.8, 4) is 0 Å². The summed E-state index contributed by atoms with van der Waals surface area (Å²) in [4.78, 5) is 2.31. The normalized spacial score (nSPS) is 12.9. The summed E-state index contributed by atoms with van der Waals surface area (Å²) in [6.07, 6.45) is 10.8. The topological polar surface area (TPSA) is 73.7 Å². The Morgan fingerprint density at radius 1 is 0.870 bits per heavy atom. The zero-order valence-electron chi connectivity index (χ0n) is 15.6. The highest BCUT2D eigenvalue weighted by Gasteiger charge is 2.12. The summed E-state index contributed by atoms with van der Waals surface area (Å²) in [5.41, 5.74) is 11.8. The van der Waals surface area contributed by atoms with E-state index in [1.165, 1.54) is 38.5 Å². The fraction of sp³-hybridized carbons (Fsp3) is 1.00. The number of ether oxygens (including phenoxy) is 2. The van der Waals surface area contributed by atoms with E-state index in [1.54, 1.807) is 7.11 Å². The van der Waals surface area contributed by atoms with E-state index in [1.807, 2.05) is 0 Å². The molecule has 0 bridgehead atoms. The molecule has 0 heterocycles. The zero-order valence-corrected chi connectivity index (χ0v) is 15.6. The minimum atomic E-state index is 0.0513. The number of hydrogen-bond acceptors (Lipinski definition) is 5. The monoisotopic (exact) mass is 331 g/mol. The molecule has 0 aromatic carbocycles. The van der Waals surface area contributed by atoms with Crippen molar-refractivity contribution >= 4 is 0 Å². The summed E-state index contributed by atoms with van der Waals surface area (Å²) < 4.78 is 10.9. The number of nitrogens with two attached hydrogens (primary N) is 2. The Morgan fingerprint density at radius 2 is 1.48 bits per heavy atom. The fourth-order valence-corrected chi connectivity index (χ4v) is 2.66. The summed E-state index contributed by atoms with van der Waals surface area (Å²) in [6, 6.07) is 0. The number of rotatable bonds is 18. The third kappa shape index (κ3) is 15.1. The third-order valence-electron chi connectivity index (χ3n) is 4.10. The number of nitrogens with zero attached hydrogens (tertiary/aromatic N) is 1. The molecule has 0 spiro atoms. The Labute approximate surface area is 144 Å². The molecule has 0 aromatic heterocycles. The van der Waals surface area contributed by atoms with Crippen LogP contribution in [0.5, 0.6) is 0 Å². The number of hydrogen-bond donors (Lipinski definition) is 2. The van der Waals surface area contributed by atoms with Gasteiger partial charge in [0, 0.05) is 40.0 Å². The summed E-state index contributed by atoms with van der Waals surface area (Å²) in [6.45, 7) is 7.32. The van der Waals surface area contributed by atoms with Gasteiger partial charge in [-0.25, -0.2) is 0 Å². The van der Waals surface area contributed by atoms with E-state index in [0.717, 1.165) is 52.2 Å². The Kier molecular flexibility index (Phi) is 18.0. The molecule has 1 atom stereocenters. The number of methoxy groups -OCH3 is 1. The van der Waals surface area contributed by atoms with Gasteiger partial charge in [-0.05, 0) is 32.2 Å². The van der Waals surface area contributed by atoms with Crippen LogP contribution < -0.4 is 11.5 Å². The van der Waals surface area contributed by atoms with Crippen LogP contribution in [0.15, 0.2) is 0 Å². The Morgan fingerprint density at radius 3 is 2.13 bits per heavy atom. The van der Waals surface area contributed by atoms with Gasteiger partial charge < -0.3 is 20.9 Å². The molecular weight excluding hydrogens is 290 g/mol. The first-order valence-corrected chi connectivity index (χ1v) is 9.52. The molecule has 5 nitrogen and oxygen atoms in total. The van der Waals surface area contributed by atoms with Gasteiger partial charge in [-0.15, -0.1) is 0 Å². The van der Waals surface area contributed by atoms with Crippen molar-refractivity contribution in [2.45, 2.75) is 70.9 Å². The maximum absolute atomic E-state index is 6.20. The molecule has 23 heavy (non-hydrogen) atoms. The first-order valence-electron chi connectivity index (χ1n) is 9.52. The van der Waals surface area contributed by atoms with Gasteiger partial charge in [-0.3, -0.25) is 4.90 Å². The molecular formula is C18H41N3O2. The minimum absolute atomic E-state index is 0.0513. The van der Waals surface area contributed by atoms with Crippen LogP contribution in [0, 0.1) is 0 Å². The van der Waals surface area contributed by atoms with E-state index < -0.39 is 0 Å². The van der Waals surface area contributed by atoms with Gasteiger partial charge in [0.25, 0.3) is 0 Å². The lowest BCUT2D eigenvalue weighted by atomic mass is 10.1. The highest BCUT2D eigenvalue weighted by molar-refractivity contribution is 4.66.